The van der Waals surface area contributed by atoms with Gasteiger partial charge in [-0.05, 0) is 69.1 Å². The van der Waals surface area contributed by atoms with Gasteiger partial charge < -0.3 is 4.42 Å². The number of benzene rings is 7. The Morgan fingerprint density at radius 1 is 0.311 bits per heavy atom. The van der Waals surface area contributed by atoms with Crippen LogP contribution in [-0.4, -0.2) is 15.0 Å². The lowest BCUT2D eigenvalue weighted by molar-refractivity contribution is 0.669. The molecule has 4 nitrogen and oxygen atoms in total. The number of hydrogen-bond acceptors (Lipinski definition) is 4. The minimum atomic E-state index is 0.602. The molecule has 0 radical (unpaired) electrons. The molecule has 9 aromatic rings. The summed E-state index contributed by atoms with van der Waals surface area (Å²) in [6.45, 7) is 0. The zero-order chi connectivity index (χ0) is 29.7. The summed E-state index contributed by atoms with van der Waals surface area (Å²) in [5, 5.41) is 6.78. The van der Waals surface area contributed by atoms with E-state index >= 15 is 0 Å². The lowest BCUT2D eigenvalue weighted by Crippen LogP contribution is -2.00. The van der Waals surface area contributed by atoms with Crippen LogP contribution in [0.1, 0.15) is 0 Å². The molecular weight excluding hydrogens is 550 g/mol. The first kappa shape index (κ1) is 25.4. The Bertz CT molecular complexity index is 2550. The number of furan rings is 1. The smallest absolute Gasteiger partial charge is 0.164 e. The predicted octanol–water partition coefficient (Wildman–Crippen LogP) is 10.7. The third kappa shape index (κ3) is 4.52. The topological polar surface area (TPSA) is 51.8 Å². The number of nitrogens with zero attached hydrogens (tertiary/aromatic N) is 3. The van der Waals surface area contributed by atoms with Crippen molar-refractivity contribution in [2.75, 3.05) is 0 Å². The van der Waals surface area contributed by atoms with E-state index in [-0.39, 0.29) is 0 Å². The standard InChI is InChI=1S/C41H25N3O/c1-2-8-26(9-3-1)29-15-16-31-24-33(19-17-30(31)22-29)40-42-39(32-18-14-27-10-4-5-11-28(27)23-32)43-41(44-40)34-20-21-36-35-12-6-7-13-37(35)45-38(36)25-34/h1-25H. The normalized spacial score (nSPS) is 11.6. The first-order valence-electron chi connectivity index (χ1n) is 15.0. The summed E-state index contributed by atoms with van der Waals surface area (Å²) in [6.07, 6.45) is 0. The van der Waals surface area contributed by atoms with Crippen LogP contribution in [0, 0.1) is 0 Å². The zero-order valence-electron chi connectivity index (χ0n) is 24.2. The van der Waals surface area contributed by atoms with Crippen molar-refractivity contribution < 1.29 is 4.42 Å². The molecule has 0 saturated heterocycles. The average molecular weight is 576 g/mol. The van der Waals surface area contributed by atoms with Crippen molar-refractivity contribution >= 4 is 43.5 Å². The van der Waals surface area contributed by atoms with Crippen LogP contribution in [0.15, 0.2) is 156 Å². The maximum Gasteiger partial charge on any atom is 0.164 e. The average Bonchev–Trinajstić information content (AvgIpc) is 3.49. The summed E-state index contributed by atoms with van der Waals surface area (Å²) >= 11 is 0. The maximum absolute atomic E-state index is 6.21. The molecule has 7 aromatic carbocycles. The highest BCUT2D eigenvalue weighted by Gasteiger charge is 2.15. The monoisotopic (exact) mass is 575 g/mol. The van der Waals surface area contributed by atoms with Gasteiger partial charge >= 0.3 is 0 Å². The molecule has 0 spiro atoms. The summed E-state index contributed by atoms with van der Waals surface area (Å²) in [5.41, 5.74) is 6.82. The van der Waals surface area contributed by atoms with E-state index < -0.39 is 0 Å². The number of para-hydroxylation sites is 1. The second kappa shape index (κ2) is 10.2. The van der Waals surface area contributed by atoms with Crippen LogP contribution < -0.4 is 0 Å². The Hall–Kier alpha value is -6.13. The minimum Gasteiger partial charge on any atom is -0.456 e. The van der Waals surface area contributed by atoms with Gasteiger partial charge in [0.25, 0.3) is 0 Å². The fourth-order valence-electron chi connectivity index (χ4n) is 6.15. The Balaban J connectivity index is 1.20. The van der Waals surface area contributed by atoms with E-state index in [0.29, 0.717) is 17.5 Å². The van der Waals surface area contributed by atoms with Crippen LogP contribution in [0.4, 0.5) is 0 Å². The summed E-state index contributed by atoms with van der Waals surface area (Å²) in [5.74, 6) is 1.86. The second-order valence-electron chi connectivity index (χ2n) is 11.3. The molecule has 0 aliphatic heterocycles. The largest absolute Gasteiger partial charge is 0.456 e. The van der Waals surface area contributed by atoms with Crippen molar-refractivity contribution in [3.05, 3.63) is 152 Å². The fraction of sp³-hybridized carbons (Fsp3) is 0. The third-order valence-corrected chi connectivity index (χ3v) is 8.49. The van der Waals surface area contributed by atoms with E-state index in [1.54, 1.807) is 0 Å². The zero-order valence-corrected chi connectivity index (χ0v) is 24.2. The number of fused-ring (bicyclic) bond motifs is 5. The van der Waals surface area contributed by atoms with E-state index in [0.717, 1.165) is 49.4 Å². The molecule has 45 heavy (non-hydrogen) atoms. The molecule has 0 aliphatic carbocycles. The van der Waals surface area contributed by atoms with Crippen LogP contribution in [0.5, 0.6) is 0 Å². The van der Waals surface area contributed by atoms with Crippen LogP contribution >= 0.6 is 0 Å². The summed E-state index contributed by atoms with van der Waals surface area (Å²) in [6, 6.07) is 52.4. The van der Waals surface area contributed by atoms with E-state index in [2.05, 4.69) is 121 Å². The Morgan fingerprint density at radius 3 is 1.53 bits per heavy atom. The molecule has 0 N–H and O–H groups in total. The van der Waals surface area contributed by atoms with Gasteiger partial charge in [0.2, 0.25) is 0 Å². The highest BCUT2D eigenvalue weighted by Crippen LogP contribution is 2.34. The van der Waals surface area contributed by atoms with E-state index in [4.69, 9.17) is 19.4 Å². The lowest BCUT2D eigenvalue weighted by Gasteiger charge is -2.10. The first-order valence-corrected chi connectivity index (χ1v) is 15.0. The quantitative estimate of drug-likeness (QED) is 0.209. The van der Waals surface area contributed by atoms with Crippen LogP contribution in [0.3, 0.4) is 0 Å². The fourth-order valence-corrected chi connectivity index (χ4v) is 6.15. The molecular formula is C41H25N3O. The number of rotatable bonds is 4. The molecule has 0 aliphatic rings. The van der Waals surface area contributed by atoms with Gasteiger partial charge in [0.15, 0.2) is 17.5 Å². The van der Waals surface area contributed by atoms with Gasteiger partial charge in [-0.3, -0.25) is 0 Å². The minimum absolute atomic E-state index is 0.602. The van der Waals surface area contributed by atoms with Crippen molar-refractivity contribution in [1.82, 2.24) is 15.0 Å². The number of hydrogen-bond donors (Lipinski definition) is 0. The van der Waals surface area contributed by atoms with Gasteiger partial charge in [-0.25, -0.2) is 15.0 Å². The van der Waals surface area contributed by atoms with Crippen molar-refractivity contribution in [3.63, 3.8) is 0 Å². The molecule has 210 valence electrons. The maximum atomic E-state index is 6.21. The highest BCUT2D eigenvalue weighted by atomic mass is 16.3. The van der Waals surface area contributed by atoms with E-state index in [1.807, 2.05) is 30.3 Å². The van der Waals surface area contributed by atoms with Gasteiger partial charge in [0, 0.05) is 27.5 Å². The first-order chi connectivity index (χ1) is 22.2. The van der Waals surface area contributed by atoms with Gasteiger partial charge in [0.1, 0.15) is 11.2 Å². The number of aromatic nitrogens is 3. The molecule has 0 atom stereocenters. The molecule has 2 aromatic heterocycles. The van der Waals surface area contributed by atoms with Crippen LogP contribution in [0.25, 0.3) is 88.8 Å². The van der Waals surface area contributed by atoms with Gasteiger partial charge in [-0.15, -0.1) is 0 Å². The Kier molecular flexibility index (Phi) is 5.78. The predicted molar refractivity (Wildman–Crippen MR) is 184 cm³/mol. The molecule has 0 amide bonds. The second-order valence-corrected chi connectivity index (χ2v) is 11.3. The Labute approximate surface area is 259 Å². The highest BCUT2D eigenvalue weighted by molar-refractivity contribution is 6.05. The molecule has 0 unspecified atom stereocenters. The molecule has 0 fully saturated rings. The van der Waals surface area contributed by atoms with Gasteiger partial charge in [-0.1, -0.05) is 115 Å². The van der Waals surface area contributed by atoms with Crippen molar-refractivity contribution in [1.29, 1.82) is 0 Å². The third-order valence-electron chi connectivity index (χ3n) is 8.49. The summed E-state index contributed by atoms with van der Waals surface area (Å²) in [7, 11) is 0. The van der Waals surface area contributed by atoms with Crippen molar-refractivity contribution in [3.8, 4) is 45.3 Å². The van der Waals surface area contributed by atoms with Gasteiger partial charge in [-0.2, -0.15) is 0 Å². The van der Waals surface area contributed by atoms with Crippen LogP contribution in [0.2, 0.25) is 0 Å². The van der Waals surface area contributed by atoms with Crippen LogP contribution in [-0.2, 0) is 0 Å². The van der Waals surface area contributed by atoms with E-state index in [9.17, 15) is 0 Å². The lowest BCUT2D eigenvalue weighted by atomic mass is 10.00. The molecule has 9 rings (SSSR count). The molecule has 0 saturated carbocycles. The molecule has 4 heteroatoms. The molecule has 0 bridgehead atoms. The van der Waals surface area contributed by atoms with Crippen molar-refractivity contribution in [2.24, 2.45) is 0 Å². The summed E-state index contributed by atoms with van der Waals surface area (Å²) < 4.78 is 6.21. The summed E-state index contributed by atoms with van der Waals surface area (Å²) in [4.78, 5) is 15.1. The molecule has 2 heterocycles. The van der Waals surface area contributed by atoms with Gasteiger partial charge in [0.05, 0.1) is 0 Å². The van der Waals surface area contributed by atoms with E-state index in [1.165, 1.54) is 21.9 Å². The SMILES string of the molecule is c1ccc(-c2ccc3cc(-c4nc(-c5ccc6ccccc6c5)nc(-c5ccc6c(c5)oc5ccccc56)n4)ccc3c2)cc1. The van der Waals surface area contributed by atoms with Crippen molar-refractivity contribution in [2.45, 2.75) is 0 Å². The Morgan fingerprint density at radius 2 is 0.800 bits per heavy atom.